The zero-order valence-electron chi connectivity index (χ0n) is 20.1. The molecular formula is C28H50O. The maximum absolute atomic E-state index is 5.81. The molecule has 0 aliphatic heterocycles. The molecule has 0 heterocycles. The van der Waals surface area contributed by atoms with Gasteiger partial charge in [-0.25, -0.2) is 0 Å². The van der Waals surface area contributed by atoms with Crippen molar-refractivity contribution < 1.29 is 4.74 Å². The van der Waals surface area contributed by atoms with Gasteiger partial charge in [0.1, 0.15) is 0 Å². The van der Waals surface area contributed by atoms with Crippen LogP contribution in [0.4, 0.5) is 0 Å². The molecule has 1 heteroatoms. The fraction of sp³-hybridized carbons (Fsp3) is 0.714. The molecule has 0 fully saturated rings. The van der Waals surface area contributed by atoms with Crippen molar-refractivity contribution in [1.29, 1.82) is 0 Å². The average molecular weight is 403 g/mol. The van der Waals surface area contributed by atoms with Crippen LogP contribution < -0.4 is 0 Å². The van der Waals surface area contributed by atoms with E-state index < -0.39 is 0 Å². The first-order valence-corrected chi connectivity index (χ1v) is 12.4. The monoisotopic (exact) mass is 402 g/mol. The van der Waals surface area contributed by atoms with Crippen molar-refractivity contribution in [3.05, 3.63) is 48.6 Å². The maximum atomic E-state index is 5.81. The summed E-state index contributed by atoms with van der Waals surface area (Å²) < 4.78 is 5.81. The first-order chi connectivity index (χ1) is 14.3. The molecule has 0 unspecified atom stereocenters. The molecule has 0 radical (unpaired) electrons. The van der Waals surface area contributed by atoms with Gasteiger partial charge in [0.25, 0.3) is 0 Å². The molecule has 0 saturated carbocycles. The van der Waals surface area contributed by atoms with Crippen molar-refractivity contribution in [2.45, 2.75) is 105 Å². The van der Waals surface area contributed by atoms with Crippen LogP contribution in [0.25, 0.3) is 0 Å². The molecule has 0 aliphatic rings. The summed E-state index contributed by atoms with van der Waals surface area (Å²) in [5.41, 5.74) is 0. The van der Waals surface area contributed by atoms with E-state index in [0.717, 1.165) is 13.2 Å². The van der Waals surface area contributed by atoms with Crippen LogP contribution in [0.1, 0.15) is 105 Å². The highest BCUT2D eigenvalue weighted by Gasteiger charge is 2.00. The zero-order valence-corrected chi connectivity index (χ0v) is 20.1. The minimum atomic E-state index is 0.635. The Morgan fingerprint density at radius 2 is 0.759 bits per heavy atom. The lowest BCUT2D eigenvalue weighted by Crippen LogP contribution is -1.98. The number of rotatable bonds is 20. The van der Waals surface area contributed by atoms with Crippen LogP contribution in [-0.4, -0.2) is 13.2 Å². The van der Waals surface area contributed by atoms with E-state index in [1.54, 1.807) is 0 Å². The van der Waals surface area contributed by atoms with E-state index in [-0.39, 0.29) is 0 Å². The van der Waals surface area contributed by atoms with Gasteiger partial charge in [-0.2, -0.15) is 0 Å². The Kier molecular flexibility index (Phi) is 22.3. The van der Waals surface area contributed by atoms with Crippen LogP contribution in [0, 0.1) is 11.8 Å². The maximum Gasteiger partial charge on any atom is 0.0466 e. The number of hydrogen-bond acceptors (Lipinski definition) is 1. The molecule has 0 saturated heterocycles. The number of allylic oxidation sites excluding steroid dienone is 8. The molecule has 0 rings (SSSR count). The summed E-state index contributed by atoms with van der Waals surface area (Å²) in [6, 6.07) is 0. The molecule has 1 nitrogen and oxygen atoms in total. The van der Waals surface area contributed by atoms with Gasteiger partial charge in [0.05, 0.1) is 0 Å². The summed E-state index contributed by atoms with van der Waals surface area (Å²) in [5, 5.41) is 0. The summed E-state index contributed by atoms with van der Waals surface area (Å²) >= 11 is 0. The van der Waals surface area contributed by atoms with Crippen LogP contribution in [0.15, 0.2) is 48.6 Å². The van der Waals surface area contributed by atoms with Crippen molar-refractivity contribution in [2.24, 2.45) is 11.8 Å². The van der Waals surface area contributed by atoms with Crippen LogP contribution in [0.2, 0.25) is 0 Å². The highest BCUT2D eigenvalue weighted by molar-refractivity contribution is 4.99. The number of ether oxygens (including phenoxy) is 1. The van der Waals surface area contributed by atoms with Crippen molar-refractivity contribution >= 4 is 0 Å². The van der Waals surface area contributed by atoms with Gasteiger partial charge in [0, 0.05) is 13.2 Å². The Labute approximate surface area is 183 Å². The molecule has 0 N–H and O–H groups in total. The smallest absolute Gasteiger partial charge is 0.0466 e. The quantitative estimate of drug-likeness (QED) is 0.146. The Balaban J connectivity index is 3.35. The van der Waals surface area contributed by atoms with Gasteiger partial charge in [0.15, 0.2) is 0 Å². The summed E-state index contributed by atoms with van der Waals surface area (Å²) in [6.07, 6.45) is 33.7. The summed E-state index contributed by atoms with van der Waals surface area (Å²) in [5.74, 6) is 1.27. The number of unbranched alkanes of at least 4 members (excludes halogenated alkanes) is 8. The summed E-state index contributed by atoms with van der Waals surface area (Å²) in [6.45, 7) is 10.4. The minimum Gasteiger partial charge on any atom is -0.381 e. The molecule has 0 bridgehead atoms. The largest absolute Gasteiger partial charge is 0.381 e. The van der Waals surface area contributed by atoms with E-state index in [9.17, 15) is 0 Å². The fourth-order valence-corrected chi connectivity index (χ4v) is 3.83. The minimum absolute atomic E-state index is 0.635. The van der Waals surface area contributed by atoms with E-state index in [0.29, 0.717) is 11.8 Å². The van der Waals surface area contributed by atoms with Gasteiger partial charge in [-0.3, -0.25) is 0 Å². The Morgan fingerprint density at radius 3 is 1.10 bits per heavy atom. The van der Waals surface area contributed by atoms with E-state index in [1.807, 2.05) is 0 Å². The van der Waals surface area contributed by atoms with Gasteiger partial charge in [-0.1, -0.05) is 100.0 Å². The molecule has 0 spiro atoms. The molecule has 0 aromatic carbocycles. The molecule has 0 aromatic rings. The van der Waals surface area contributed by atoms with Gasteiger partial charge >= 0.3 is 0 Å². The predicted molar refractivity (Wildman–Crippen MR) is 132 cm³/mol. The van der Waals surface area contributed by atoms with Crippen molar-refractivity contribution in [1.82, 2.24) is 0 Å². The second-order valence-corrected chi connectivity index (χ2v) is 8.16. The van der Waals surface area contributed by atoms with E-state index in [1.165, 1.54) is 77.0 Å². The molecule has 0 aliphatic carbocycles. The standard InChI is InChI=1S/C28H50O/c1-5-19-27(20-6-2)23-15-11-9-13-17-25-29-26-18-14-10-12-16-24-28(21-7-3)22-8-4/h5-8,19-22,27-28H,9-18,23-26H2,1-4H3. The first-order valence-electron chi connectivity index (χ1n) is 12.4. The van der Waals surface area contributed by atoms with Gasteiger partial charge < -0.3 is 4.74 Å². The molecule has 29 heavy (non-hydrogen) atoms. The Morgan fingerprint density at radius 1 is 0.448 bits per heavy atom. The predicted octanol–water partition coefficient (Wildman–Crippen LogP) is 9.22. The van der Waals surface area contributed by atoms with Crippen LogP contribution >= 0.6 is 0 Å². The van der Waals surface area contributed by atoms with E-state index in [4.69, 9.17) is 4.74 Å². The summed E-state index contributed by atoms with van der Waals surface area (Å²) in [4.78, 5) is 0. The summed E-state index contributed by atoms with van der Waals surface area (Å²) in [7, 11) is 0. The second-order valence-electron chi connectivity index (χ2n) is 8.16. The average Bonchev–Trinajstić information content (AvgIpc) is 2.71. The van der Waals surface area contributed by atoms with Gasteiger partial charge in [-0.15, -0.1) is 0 Å². The highest BCUT2D eigenvalue weighted by Crippen LogP contribution is 2.16. The third kappa shape index (κ3) is 20.0. The third-order valence-corrected chi connectivity index (χ3v) is 5.41. The molecule has 0 aromatic heterocycles. The van der Waals surface area contributed by atoms with Crippen molar-refractivity contribution in [2.75, 3.05) is 13.2 Å². The molecule has 0 atom stereocenters. The topological polar surface area (TPSA) is 9.23 Å². The van der Waals surface area contributed by atoms with Gasteiger partial charge in [0.2, 0.25) is 0 Å². The van der Waals surface area contributed by atoms with Crippen LogP contribution in [0.5, 0.6) is 0 Å². The Hall–Kier alpha value is -1.08. The lowest BCUT2D eigenvalue weighted by atomic mass is 9.99. The zero-order chi connectivity index (χ0) is 21.4. The van der Waals surface area contributed by atoms with E-state index >= 15 is 0 Å². The third-order valence-electron chi connectivity index (χ3n) is 5.41. The van der Waals surface area contributed by atoms with E-state index in [2.05, 4.69) is 76.3 Å². The first kappa shape index (κ1) is 27.9. The van der Waals surface area contributed by atoms with Crippen molar-refractivity contribution in [3.8, 4) is 0 Å². The SMILES string of the molecule is CC=CC(C=CC)CCCCCCCOCCCCCCCC(C=CC)C=CC. The normalized spacial score (nSPS) is 14.8. The van der Waals surface area contributed by atoms with Crippen LogP contribution in [0.3, 0.4) is 0 Å². The molecule has 168 valence electrons. The lowest BCUT2D eigenvalue weighted by Gasteiger charge is -2.08. The fourth-order valence-electron chi connectivity index (χ4n) is 3.83. The number of hydrogen-bond donors (Lipinski definition) is 0. The second kappa shape index (κ2) is 23.2. The lowest BCUT2D eigenvalue weighted by molar-refractivity contribution is 0.125. The highest BCUT2D eigenvalue weighted by atomic mass is 16.5. The Bertz CT molecular complexity index is 366. The molecule has 0 amide bonds. The van der Waals surface area contributed by atoms with Crippen molar-refractivity contribution in [3.63, 3.8) is 0 Å². The van der Waals surface area contributed by atoms with Gasteiger partial charge in [-0.05, 0) is 65.2 Å². The molecular weight excluding hydrogens is 352 g/mol. The van der Waals surface area contributed by atoms with Crippen LogP contribution in [-0.2, 0) is 4.74 Å².